The highest BCUT2D eigenvalue weighted by Crippen LogP contribution is 2.44. The minimum atomic E-state index is -0.0148. The van der Waals surface area contributed by atoms with E-state index in [1.807, 2.05) is 17.9 Å². The fourth-order valence-electron chi connectivity index (χ4n) is 3.37. The van der Waals surface area contributed by atoms with Gasteiger partial charge in [-0.2, -0.15) is 5.10 Å². The molecule has 2 heterocycles. The molecule has 1 spiro atoms. The monoisotopic (exact) mass is 249 g/mol. The van der Waals surface area contributed by atoms with E-state index < -0.39 is 0 Å². The van der Waals surface area contributed by atoms with Crippen LogP contribution in [0.4, 0.5) is 0 Å². The number of morpholine rings is 1. The van der Waals surface area contributed by atoms with Crippen LogP contribution < -0.4 is 5.32 Å². The number of nitrogens with zero attached hydrogens (tertiary/aromatic N) is 2. The molecule has 1 aliphatic heterocycles. The molecule has 1 aromatic rings. The number of hydrogen-bond donors (Lipinski definition) is 1. The van der Waals surface area contributed by atoms with Gasteiger partial charge in [0.25, 0.3) is 0 Å². The highest BCUT2D eigenvalue weighted by atomic mass is 16.5. The summed E-state index contributed by atoms with van der Waals surface area (Å²) in [5, 5.41) is 8.20. The minimum absolute atomic E-state index is 0.0148. The van der Waals surface area contributed by atoms with Crippen molar-refractivity contribution in [2.45, 2.75) is 44.2 Å². The smallest absolute Gasteiger partial charge is 0.0893 e. The number of ether oxygens (including phenoxy) is 1. The lowest BCUT2D eigenvalue weighted by molar-refractivity contribution is -0.125. The van der Waals surface area contributed by atoms with Crippen molar-refractivity contribution in [2.75, 3.05) is 13.2 Å². The Bertz CT molecular complexity index is 407. The van der Waals surface area contributed by atoms with E-state index >= 15 is 0 Å². The van der Waals surface area contributed by atoms with Gasteiger partial charge in [-0.05, 0) is 37.7 Å². The molecule has 2 fully saturated rings. The van der Waals surface area contributed by atoms with E-state index in [-0.39, 0.29) is 11.6 Å². The Balaban J connectivity index is 1.86. The third kappa shape index (κ3) is 2.08. The van der Waals surface area contributed by atoms with Gasteiger partial charge in [0.1, 0.15) is 0 Å². The first kappa shape index (κ1) is 12.2. The molecular formula is C14H23N3O. The summed E-state index contributed by atoms with van der Waals surface area (Å²) in [7, 11) is 1.98. The van der Waals surface area contributed by atoms with Gasteiger partial charge in [-0.25, -0.2) is 0 Å². The van der Waals surface area contributed by atoms with Crippen molar-refractivity contribution in [3.63, 3.8) is 0 Å². The molecule has 100 valence electrons. The lowest BCUT2D eigenvalue weighted by Gasteiger charge is -2.47. The second-order valence-corrected chi connectivity index (χ2v) is 5.90. The molecule has 2 aliphatic rings. The molecule has 1 N–H and O–H groups in total. The van der Waals surface area contributed by atoms with Gasteiger partial charge in [0, 0.05) is 19.8 Å². The lowest BCUT2D eigenvalue weighted by Crippen LogP contribution is -2.53. The maximum atomic E-state index is 6.22. The summed E-state index contributed by atoms with van der Waals surface area (Å²) in [6.07, 6.45) is 6.87. The van der Waals surface area contributed by atoms with Crippen LogP contribution in [-0.2, 0) is 11.8 Å². The van der Waals surface area contributed by atoms with Crippen LogP contribution in [0.1, 0.15) is 44.3 Å². The van der Waals surface area contributed by atoms with E-state index in [1.165, 1.54) is 12.8 Å². The van der Waals surface area contributed by atoms with Crippen molar-refractivity contribution in [2.24, 2.45) is 13.0 Å². The van der Waals surface area contributed by atoms with Crippen LogP contribution in [0, 0.1) is 5.92 Å². The molecule has 0 amide bonds. The van der Waals surface area contributed by atoms with Crippen LogP contribution in [-0.4, -0.2) is 28.5 Å². The lowest BCUT2D eigenvalue weighted by atomic mass is 9.74. The molecule has 0 radical (unpaired) electrons. The van der Waals surface area contributed by atoms with Gasteiger partial charge < -0.3 is 10.1 Å². The topological polar surface area (TPSA) is 39.1 Å². The summed E-state index contributed by atoms with van der Waals surface area (Å²) < 4.78 is 8.10. The van der Waals surface area contributed by atoms with Crippen molar-refractivity contribution >= 4 is 0 Å². The summed E-state index contributed by atoms with van der Waals surface area (Å²) >= 11 is 0. The van der Waals surface area contributed by atoms with Gasteiger partial charge in [-0.3, -0.25) is 4.68 Å². The Morgan fingerprint density at radius 1 is 1.44 bits per heavy atom. The average Bonchev–Trinajstić information content (AvgIpc) is 2.80. The molecule has 18 heavy (non-hydrogen) atoms. The third-order valence-corrected chi connectivity index (χ3v) is 4.52. The highest BCUT2D eigenvalue weighted by Gasteiger charge is 2.45. The van der Waals surface area contributed by atoms with Gasteiger partial charge in [0.2, 0.25) is 0 Å². The molecule has 0 aromatic carbocycles. The Morgan fingerprint density at radius 3 is 2.89 bits per heavy atom. The molecule has 1 atom stereocenters. The zero-order chi connectivity index (χ0) is 12.6. The van der Waals surface area contributed by atoms with Gasteiger partial charge >= 0.3 is 0 Å². The van der Waals surface area contributed by atoms with E-state index in [9.17, 15) is 0 Å². The van der Waals surface area contributed by atoms with Gasteiger partial charge in [0.05, 0.1) is 23.9 Å². The molecule has 1 unspecified atom stereocenters. The SMILES string of the molecule is CC1CCC2(CC1)OCCNC2c1ccn(C)n1. The number of rotatable bonds is 1. The van der Waals surface area contributed by atoms with Crippen LogP contribution in [0.5, 0.6) is 0 Å². The summed E-state index contributed by atoms with van der Waals surface area (Å²) in [5.41, 5.74) is 1.12. The fourth-order valence-corrected chi connectivity index (χ4v) is 3.37. The average molecular weight is 249 g/mol. The van der Waals surface area contributed by atoms with Gasteiger partial charge in [-0.1, -0.05) is 6.92 Å². The van der Waals surface area contributed by atoms with Crippen molar-refractivity contribution in [3.05, 3.63) is 18.0 Å². The van der Waals surface area contributed by atoms with Crippen LogP contribution >= 0.6 is 0 Å². The quantitative estimate of drug-likeness (QED) is 0.827. The first-order valence-electron chi connectivity index (χ1n) is 7.06. The van der Waals surface area contributed by atoms with Crippen molar-refractivity contribution in [1.29, 1.82) is 0 Å². The Kier molecular flexibility index (Phi) is 3.16. The predicted molar refractivity (Wildman–Crippen MR) is 70.3 cm³/mol. The molecular weight excluding hydrogens is 226 g/mol. The molecule has 1 saturated carbocycles. The molecule has 4 heteroatoms. The molecule has 0 bridgehead atoms. The Labute approximate surface area is 109 Å². The van der Waals surface area contributed by atoms with Gasteiger partial charge in [0.15, 0.2) is 0 Å². The summed E-state index contributed by atoms with van der Waals surface area (Å²) in [6, 6.07) is 2.38. The van der Waals surface area contributed by atoms with Crippen molar-refractivity contribution in [3.8, 4) is 0 Å². The largest absolute Gasteiger partial charge is 0.372 e. The van der Waals surface area contributed by atoms with Crippen LogP contribution in [0.2, 0.25) is 0 Å². The normalized spacial score (nSPS) is 37.0. The second kappa shape index (κ2) is 4.67. The summed E-state index contributed by atoms with van der Waals surface area (Å²) in [4.78, 5) is 0. The molecule has 4 nitrogen and oxygen atoms in total. The third-order valence-electron chi connectivity index (χ3n) is 4.52. The number of nitrogens with one attached hydrogen (secondary N) is 1. The minimum Gasteiger partial charge on any atom is -0.372 e. The van der Waals surface area contributed by atoms with Gasteiger partial charge in [-0.15, -0.1) is 0 Å². The Morgan fingerprint density at radius 2 is 2.22 bits per heavy atom. The number of aryl methyl sites for hydroxylation is 1. The highest BCUT2D eigenvalue weighted by molar-refractivity contribution is 5.14. The van der Waals surface area contributed by atoms with Crippen LogP contribution in [0.3, 0.4) is 0 Å². The zero-order valence-corrected chi connectivity index (χ0v) is 11.4. The Hall–Kier alpha value is -0.870. The first-order valence-corrected chi connectivity index (χ1v) is 7.06. The van der Waals surface area contributed by atoms with Crippen molar-refractivity contribution in [1.82, 2.24) is 15.1 Å². The second-order valence-electron chi connectivity index (χ2n) is 5.90. The van der Waals surface area contributed by atoms with E-state index in [2.05, 4.69) is 23.4 Å². The van der Waals surface area contributed by atoms with E-state index in [0.29, 0.717) is 0 Å². The fraction of sp³-hybridized carbons (Fsp3) is 0.786. The number of hydrogen-bond acceptors (Lipinski definition) is 3. The van der Waals surface area contributed by atoms with E-state index in [0.717, 1.165) is 37.6 Å². The van der Waals surface area contributed by atoms with Crippen molar-refractivity contribution < 1.29 is 4.74 Å². The van der Waals surface area contributed by atoms with Crippen LogP contribution in [0.25, 0.3) is 0 Å². The molecule has 1 saturated heterocycles. The summed E-state index contributed by atoms with van der Waals surface area (Å²) in [5.74, 6) is 0.838. The predicted octanol–water partition coefficient (Wildman–Crippen LogP) is 2.03. The molecule has 1 aliphatic carbocycles. The van der Waals surface area contributed by atoms with E-state index in [4.69, 9.17) is 4.74 Å². The maximum Gasteiger partial charge on any atom is 0.0893 e. The zero-order valence-electron chi connectivity index (χ0n) is 11.4. The summed E-state index contributed by atoms with van der Waals surface area (Å²) in [6.45, 7) is 4.11. The number of aromatic nitrogens is 2. The maximum absolute atomic E-state index is 6.22. The molecule has 3 rings (SSSR count). The molecule has 1 aromatic heterocycles. The van der Waals surface area contributed by atoms with Crippen LogP contribution in [0.15, 0.2) is 12.3 Å². The first-order chi connectivity index (χ1) is 8.70. The van der Waals surface area contributed by atoms with E-state index in [1.54, 1.807) is 0 Å². The standard InChI is InChI=1S/C14H23N3O/c1-11-3-6-14(7-4-11)13(15-8-10-18-14)12-5-9-17(2)16-12/h5,9,11,13,15H,3-4,6-8,10H2,1-2H3.